The van der Waals surface area contributed by atoms with Crippen LogP contribution in [0.25, 0.3) is 0 Å². The van der Waals surface area contributed by atoms with Gasteiger partial charge in [-0.1, -0.05) is 91.3 Å². The zero-order chi connectivity index (χ0) is 32.2. The lowest BCUT2D eigenvalue weighted by atomic mass is 10.0. The molecule has 0 aliphatic carbocycles. The number of rotatable bonds is 15. The second-order valence-corrected chi connectivity index (χ2v) is 13.0. The van der Waals surface area contributed by atoms with Crippen molar-refractivity contribution in [3.8, 4) is 5.75 Å². The van der Waals surface area contributed by atoms with Crippen molar-refractivity contribution >= 4 is 39.1 Å². The second kappa shape index (κ2) is 16.1. The number of halogens is 1. The van der Waals surface area contributed by atoms with Crippen LogP contribution in [0.4, 0.5) is 5.69 Å². The fourth-order valence-corrected chi connectivity index (χ4v) is 5.88. The molecule has 8 nitrogen and oxygen atoms in total. The average molecular weight is 648 g/mol. The third-order valence-corrected chi connectivity index (χ3v) is 8.49. The van der Waals surface area contributed by atoms with Crippen LogP contribution < -0.4 is 14.4 Å². The van der Waals surface area contributed by atoms with Crippen LogP contribution in [0.1, 0.15) is 30.0 Å². The minimum atomic E-state index is -3.89. The van der Waals surface area contributed by atoms with Crippen LogP contribution in [0.2, 0.25) is 5.02 Å². The monoisotopic (exact) mass is 647 g/mol. The maximum absolute atomic E-state index is 14.2. The van der Waals surface area contributed by atoms with E-state index in [-0.39, 0.29) is 18.9 Å². The molecule has 2 amide bonds. The normalized spacial score (nSPS) is 11.8. The summed E-state index contributed by atoms with van der Waals surface area (Å²) in [5.41, 5.74) is 2.88. The fraction of sp³-hybridized carbons (Fsp3) is 0.257. The van der Waals surface area contributed by atoms with Crippen molar-refractivity contribution < 1.29 is 22.7 Å². The zero-order valence-electron chi connectivity index (χ0n) is 25.4. The van der Waals surface area contributed by atoms with Crippen LogP contribution in [-0.4, -0.2) is 50.5 Å². The first kappa shape index (κ1) is 33.6. The third-order valence-electron chi connectivity index (χ3n) is 7.11. The predicted octanol–water partition coefficient (Wildman–Crippen LogP) is 5.85. The first-order chi connectivity index (χ1) is 21.6. The molecule has 0 aliphatic heterocycles. The lowest BCUT2D eigenvalue weighted by Gasteiger charge is -2.33. The van der Waals surface area contributed by atoms with E-state index in [0.717, 1.165) is 28.1 Å². The summed E-state index contributed by atoms with van der Waals surface area (Å²) in [6.45, 7) is 2.30. The maximum Gasteiger partial charge on any atom is 0.244 e. The van der Waals surface area contributed by atoms with Crippen molar-refractivity contribution in [2.75, 3.05) is 23.7 Å². The summed E-state index contributed by atoms with van der Waals surface area (Å²) in [7, 11) is -3.89. The molecule has 0 bridgehead atoms. The molecular formula is C35H38ClN3O5S. The Kier molecular flexibility index (Phi) is 12.0. The number of anilines is 1. The molecule has 4 rings (SSSR count). The molecule has 10 heteroatoms. The highest BCUT2D eigenvalue weighted by molar-refractivity contribution is 7.92. The third kappa shape index (κ3) is 10.1. The van der Waals surface area contributed by atoms with Crippen LogP contribution in [-0.2, 0) is 39.2 Å². The van der Waals surface area contributed by atoms with Crippen molar-refractivity contribution in [2.45, 2.75) is 39.0 Å². The van der Waals surface area contributed by atoms with Gasteiger partial charge in [-0.05, 0) is 59.5 Å². The molecule has 0 aromatic heterocycles. The van der Waals surface area contributed by atoms with Crippen LogP contribution in [0, 0.1) is 0 Å². The summed E-state index contributed by atoms with van der Waals surface area (Å²) in [5, 5.41) is 3.41. The first-order valence-corrected chi connectivity index (χ1v) is 17.0. The Hall–Kier alpha value is -4.34. The minimum absolute atomic E-state index is 0.0559. The van der Waals surface area contributed by atoms with Gasteiger partial charge >= 0.3 is 0 Å². The quantitative estimate of drug-likeness (QED) is 0.175. The van der Waals surface area contributed by atoms with E-state index in [4.69, 9.17) is 16.3 Å². The number of amides is 2. The molecule has 1 N–H and O–H groups in total. The van der Waals surface area contributed by atoms with Crippen molar-refractivity contribution in [1.29, 1.82) is 0 Å². The van der Waals surface area contributed by atoms with Crippen molar-refractivity contribution in [3.05, 3.63) is 131 Å². The molecule has 1 atom stereocenters. The largest absolute Gasteiger partial charge is 0.489 e. The molecule has 4 aromatic rings. The fourth-order valence-electron chi connectivity index (χ4n) is 4.82. The van der Waals surface area contributed by atoms with Gasteiger partial charge in [0.05, 0.1) is 11.9 Å². The molecule has 0 fully saturated rings. The number of carbonyl (C=O) groups is 2. The first-order valence-electron chi connectivity index (χ1n) is 14.7. The van der Waals surface area contributed by atoms with Gasteiger partial charge in [-0.25, -0.2) is 8.42 Å². The summed E-state index contributed by atoms with van der Waals surface area (Å²) in [6.07, 6.45) is 2.02. The van der Waals surface area contributed by atoms with Gasteiger partial charge < -0.3 is 15.0 Å². The van der Waals surface area contributed by atoms with Gasteiger partial charge in [0, 0.05) is 24.5 Å². The summed E-state index contributed by atoms with van der Waals surface area (Å²) < 4.78 is 33.0. The van der Waals surface area contributed by atoms with E-state index in [9.17, 15) is 18.0 Å². The Morgan fingerprint density at radius 3 is 2.07 bits per heavy atom. The van der Waals surface area contributed by atoms with Gasteiger partial charge in [-0.2, -0.15) is 0 Å². The van der Waals surface area contributed by atoms with Gasteiger partial charge in [-0.15, -0.1) is 0 Å². The van der Waals surface area contributed by atoms with Crippen LogP contribution in [0.3, 0.4) is 0 Å². The van der Waals surface area contributed by atoms with E-state index in [1.165, 1.54) is 4.90 Å². The van der Waals surface area contributed by atoms with E-state index in [2.05, 4.69) is 5.32 Å². The van der Waals surface area contributed by atoms with E-state index < -0.39 is 28.5 Å². The summed E-state index contributed by atoms with van der Waals surface area (Å²) >= 11 is 6.26. The molecule has 0 unspecified atom stereocenters. The Labute approximate surface area is 270 Å². The Balaban J connectivity index is 1.63. The molecule has 45 heavy (non-hydrogen) atoms. The maximum atomic E-state index is 14.2. The highest BCUT2D eigenvalue weighted by atomic mass is 35.5. The van der Waals surface area contributed by atoms with Gasteiger partial charge in [0.1, 0.15) is 24.9 Å². The van der Waals surface area contributed by atoms with Crippen LogP contribution in [0.15, 0.2) is 109 Å². The summed E-state index contributed by atoms with van der Waals surface area (Å²) in [5.74, 6) is -0.292. The highest BCUT2D eigenvalue weighted by Gasteiger charge is 2.33. The van der Waals surface area contributed by atoms with Gasteiger partial charge in [0.15, 0.2) is 0 Å². The lowest BCUT2D eigenvalue weighted by molar-refractivity contribution is -0.140. The number of hydrogen-bond donors (Lipinski definition) is 1. The smallest absolute Gasteiger partial charge is 0.244 e. The average Bonchev–Trinajstić information content (AvgIpc) is 3.04. The molecule has 0 aliphatic rings. The Morgan fingerprint density at radius 1 is 0.844 bits per heavy atom. The molecule has 0 saturated heterocycles. The van der Waals surface area contributed by atoms with Gasteiger partial charge in [0.2, 0.25) is 21.8 Å². The number of sulfonamides is 1. The standard InChI is InChI=1S/C35H38ClN3O5S/c1-3-21-37-35(41)33(23-27-11-6-4-7-12-27)38(24-29-15-10-16-30(36)22-29)34(40)25-39(45(2,42)43)31-17-19-32(20-18-31)44-26-28-13-8-5-9-14-28/h4-20,22,33H,3,21,23-26H2,1-2H3,(H,37,41)/t33-/m1/s1. The molecular weight excluding hydrogens is 610 g/mol. The highest BCUT2D eigenvalue weighted by Crippen LogP contribution is 2.24. The Bertz CT molecular complexity index is 1650. The van der Waals surface area contributed by atoms with Crippen LogP contribution >= 0.6 is 11.6 Å². The molecule has 0 spiro atoms. The number of benzene rings is 4. The summed E-state index contributed by atoms with van der Waals surface area (Å²) in [6, 6.07) is 31.8. The van der Waals surface area contributed by atoms with E-state index in [1.54, 1.807) is 42.5 Å². The van der Waals surface area contributed by atoms with E-state index in [1.807, 2.05) is 73.7 Å². The molecule has 0 radical (unpaired) electrons. The van der Waals surface area contributed by atoms with Crippen molar-refractivity contribution in [1.82, 2.24) is 10.2 Å². The molecule has 4 aromatic carbocycles. The number of nitrogens with one attached hydrogen (secondary N) is 1. The number of carbonyl (C=O) groups excluding carboxylic acids is 2. The van der Waals surface area contributed by atoms with Crippen LogP contribution in [0.5, 0.6) is 5.75 Å². The number of hydrogen-bond acceptors (Lipinski definition) is 5. The number of ether oxygens (including phenoxy) is 1. The molecule has 0 saturated carbocycles. The van der Waals surface area contributed by atoms with E-state index >= 15 is 0 Å². The minimum Gasteiger partial charge on any atom is -0.489 e. The predicted molar refractivity (Wildman–Crippen MR) is 179 cm³/mol. The zero-order valence-corrected chi connectivity index (χ0v) is 27.0. The Morgan fingerprint density at radius 2 is 1.47 bits per heavy atom. The second-order valence-electron chi connectivity index (χ2n) is 10.7. The van der Waals surface area contributed by atoms with Crippen molar-refractivity contribution in [3.63, 3.8) is 0 Å². The lowest BCUT2D eigenvalue weighted by Crippen LogP contribution is -2.53. The topological polar surface area (TPSA) is 96.0 Å². The number of nitrogens with zero attached hydrogens (tertiary/aromatic N) is 2. The molecule has 236 valence electrons. The van der Waals surface area contributed by atoms with E-state index in [0.29, 0.717) is 35.2 Å². The van der Waals surface area contributed by atoms with Gasteiger partial charge in [0.25, 0.3) is 0 Å². The SMILES string of the molecule is CCCNC(=O)[C@@H](Cc1ccccc1)N(Cc1cccc(Cl)c1)C(=O)CN(c1ccc(OCc2ccccc2)cc1)S(C)(=O)=O. The molecule has 0 heterocycles. The van der Waals surface area contributed by atoms with Crippen molar-refractivity contribution in [2.24, 2.45) is 0 Å². The van der Waals surface area contributed by atoms with Gasteiger partial charge in [-0.3, -0.25) is 13.9 Å². The summed E-state index contributed by atoms with van der Waals surface area (Å²) in [4.78, 5) is 29.2.